The first-order chi connectivity index (χ1) is 18.8. The van der Waals surface area contributed by atoms with Gasteiger partial charge in [-0.1, -0.05) is 68.4 Å². The number of hydrogen-bond acceptors (Lipinski definition) is 5. The summed E-state index contributed by atoms with van der Waals surface area (Å²) in [5.41, 5.74) is 5.29. The number of ether oxygens (including phenoxy) is 2. The molecule has 0 amide bonds. The van der Waals surface area contributed by atoms with Crippen molar-refractivity contribution in [1.29, 1.82) is 0 Å². The van der Waals surface area contributed by atoms with E-state index in [-0.39, 0.29) is 17.2 Å². The van der Waals surface area contributed by atoms with Gasteiger partial charge in [0, 0.05) is 23.2 Å². The fraction of sp³-hybridized carbons (Fsp3) is 0.235. The fourth-order valence-corrected chi connectivity index (χ4v) is 5.88. The molecule has 1 aliphatic carbocycles. The van der Waals surface area contributed by atoms with Gasteiger partial charge < -0.3 is 14.8 Å². The van der Waals surface area contributed by atoms with Crippen molar-refractivity contribution in [2.45, 2.75) is 39.7 Å². The summed E-state index contributed by atoms with van der Waals surface area (Å²) < 4.78 is 11.6. The van der Waals surface area contributed by atoms with E-state index in [1.807, 2.05) is 31.2 Å². The number of rotatable bonds is 5. The number of Topliss-reactive ketones (excluding diaryl/α,β-unsaturated/α-hetero) is 1. The second-order valence-corrected chi connectivity index (χ2v) is 11.0. The maximum atomic E-state index is 13.8. The summed E-state index contributed by atoms with van der Waals surface area (Å²) in [6, 6.07) is 26.7. The molecule has 1 N–H and O–H groups in total. The summed E-state index contributed by atoms with van der Waals surface area (Å²) in [6.45, 7) is 6.63. The Morgan fingerprint density at radius 2 is 1.69 bits per heavy atom. The maximum Gasteiger partial charge on any atom is 0.343 e. The van der Waals surface area contributed by atoms with Crippen LogP contribution in [0.2, 0.25) is 0 Å². The Bertz CT molecular complexity index is 1630. The molecule has 0 aromatic heterocycles. The molecule has 5 nitrogen and oxygen atoms in total. The van der Waals surface area contributed by atoms with Crippen molar-refractivity contribution in [2.24, 2.45) is 5.41 Å². The number of anilines is 1. The van der Waals surface area contributed by atoms with Gasteiger partial charge in [-0.3, -0.25) is 4.79 Å². The number of fused-ring (bicyclic) bond motifs is 4. The largest absolute Gasteiger partial charge is 0.490 e. The Kier molecular flexibility index (Phi) is 6.22. The van der Waals surface area contributed by atoms with Gasteiger partial charge in [-0.25, -0.2) is 4.79 Å². The van der Waals surface area contributed by atoms with Gasteiger partial charge in [0.25, 0.3) is 0 Å². The quantitative estimate of drug-likeness (QED) is 0.216. The van der Waals surface area contributed by atoms with E-state index in [9.17, 15) is 9.59 Å². The molecule has 4 aromatic carbocycles. The van der Waals surface area contributed by atoms with Crippen LogP contribution < -0.4 is 14.8 Å². The molecule has 0 saturated carbocycles. The summed E-state index contributed by atoms with van der Waals surface area (Å²) in [5.74, 6) is 0.531. The van der Waals surface area contributed by atoms with Crippen LogP contribution in [-0.4, -0.2) is 18.4 Å². The molecule has 0 bridgehead atoms. The zero-order chi connectivity index (χ0) is 27.1. The number of allylic oxidation sites excluding steroid dienone is 1. The number of nitrogens with one attached hydrogen (secondary N) is 1. The van der Waals surface area contributed by atoms with Crippen LogP contribution in [0.4, 0.5) is 5.69 Å². The number of hydrogen-bond donors (Lipinski definition) is 1. The lowest BCUT2D eigenvalue weighted by Gasteiger charge is -2.40. The number of carbonyl (C=O) groups is 2. The fourth-order valence-electron chi connectivity index (χ4n) is 5.88. The zero-order valence-electron chi connectivity index (χ0n) is 22.4. The highest BCUT2D eigenvalue weighted by atomic mass is 16.6. The highest BCUT2D eigenvalue weighted by Gasteiger charge is 2.41. The van der Waals surface area contributed by atoms with Gasteiger partial charge in [0.2, 0.25) is 0 Å². The van der Waals surface area contributed by atoms with Crippen molar-refractivity contribution in [1.82, 2.24) is 0 Å². The molecule has 1 atom stereocenters. The Balaban J connectivity index is 1.45. The first kappa shape index (κ1) is 24.9. The zero-order valence-corrected chi connectivity index (χ0v) is 22.4. The molecule has 196 valence electrons. The van der Waals surface area contributed by atoms with Crippen LogP contribution in [-0.2, 0) is 4.79 Å². The molecule has 0 saturated heterocycles. The van der Waals surface area contributed by atoms with Gasteiger partial charge in [-0.2, -0.15) is 0 Å². The molecule has 0 radical (unpaired) electrons. The lowest BCUT2D eigenvalue weighted by atomic mass is 9.68. The Labute approximate surface area is 228 Å². The number of benzene rings is 4. The average molecular weight is 518 g/mol. The summed E-state index contributed by atoms with van der Waals surface area (Å²) >= 11 is 0. The maximum absolute atomic E-state index is 13.8. The van der Waals surface area contributed by atoms with Gasteiger partial charge in [0.15, 0.2) is 17.3 Å². The molecular formula is C34H31NO4. The molecule has 1 heterocycles. The summed E-state index contributed by atoms with van der Waals surface area (Å²) in [4.78, 5) is 26.5. The number of carbonyl (C=O) groups excluding carboxylic acids is 2. The summed E-state index contributed by atoms with van der Waals surface area (Å²) in [5, 5.41) is 5.98. The van der Waals surface area contributed by atoms with Crippen LogP contribution in [0, 0.1) is 5.41 Å². The molecule has 4 aromatic rings. The first-order valence-corrected chi connectivity index (χ1v) is 13.4. The SMILES string of the molecule is CCOc1cc([C@H]2Nc3ccc4ccccc4c3C3=C2C(=O)CC(C)(C)C3)ccc1OC(=O)c1ccccc1. The van der Waals surface area contributed by atoms with E-state index in [1.54, 1.807) is 30.3 Å². The second-order valence-electron chi connectivity index (χ2n) is 11.0. The lowest BCUT2D eigenvalue weighted by Crippen LogP contribution is -2.33. The summed E-state index contributed by atoms with van der Waals surface area (Å²) in [6.07, 6.45) is 1.31. The third-order valence-corrected chi connectivity index (χ3v) is 7.55. The molecule has 0 fully saturated rings. The molecule has 39 heavy (non-hydrogen) atoms. The minimum atomic E-state index is -0.449. The highest BCUT2D eigenvalue weighted by Crippen LogP contribution is 2.52. The molecule has 0 unspecified atom stereocenters. The number of esters is 1. The van der Waals surface area contributed by atoms with E-state index in [1.165, 1.54) is 0 Å². The van der Waals surface area contributed by atoms with Crippen LogP contribution in [0.5, 0.6) is 11.5 Å². The molecule has 5 heteroatoms. The van der Waals surface area contributed by atoms with Gasteiger partial charge in [0.05, 0.1) is 18.2 Å². The van der Waals surface area contributed by atoms with Crippen LogP contribution in [0.1, 0.15) is 61.1 Å². The molecule has 2 aliphatic rings. The minimum absolute atomic E-state index is 0.127. The van der Waals surface area contributed by atoms with Crippen LogP contribution in [0.3, 0.4) is 0 Å². The van der Waals surface area contributed by atoms with Crippen LogP contribution in [0.25, 0.3) is 16.3 Å². The van der Waals surface area contributed by atoms with E-state index in [2.05, 4.69) is 49.5 Å². The van der Waals surface area contributed by atoms with Gasteiger partial charge in [-0.15, -0.1) is 0 Å². The summed E-state index contributed by atoms with van der Waals surface area (Å²) in [7, 11) is 0. The van der Waals surface area contributed by atoms with Crippen LogP contribution >= 0.6 is 0 Å². The van der Waals surface area contributed by atoms with Crippen molar-refractivity contribution in [3.8, 4) is 11.5 Å². The average Bonchev–Trinajstić information content (AvgIpc) is 2.93. The van der Waals surface area contributed by atoms with E-state index >= 15 is 0 Å². The van der Waals surface area contributed by atoms with E-state index in [4.69, 9.17) is 9.47 Å². The second kappa shape index (κ2) is 9.73. The minimum Gasteiger partial charge on any atom is -0.490 e. The van der Waals surface area contributed by atoms with Crippen LogP contribution in [0.15, 0.2) is 90.5 Å². The van der Waals surface area contributed by atoms with Gasteiger partial charge >= 0.3 is 5.97 Å². The third kappa shape index (κ3) is 4.59. The smallest absolute Gasteiger partial charge is 0.343 e. The molecular weight excluding hydrogens is 486 g/mol. The number of ketones is 1. The monoisotopic (exact) mass is 517 g/mol. The van der Waals surface area contributed by atoms with Crippen molar-refractivity contribution in [3.63, 3.8) is 0 Å². The Hall–Kier alpha value is -4.38. The Morgan fingerprint density at radius 1 is 0.923 bits per heavy atom. The van der Waals surface area contributed by atoms with Crippen molar-refractivity contribution in [3.05, 3.63) is 107 Å². The van der Waals surface area contributed by atoms with E-state index < -0.39 is 5.97 Å². The first-order valence-electron chi connectivity index (χ1n) is 13.4. The molecule has 6 rings (SSSR count). The normalized spacial score (nSPS) is 17.7. The van der Waals surface area contributed by atoms with Gasteiger partial charge in [-0.05, 0) is 71.0 Å². The van der Waals surface area contributed by atoms with Gasteiger partial charge in [0.1, 0.15) is 0 Å². The third-order valence-electron chi connectivity index (χ3n) is 7.55. The van der Waals surface area contributed by atoms with Crippen molar-refractivity contribution < 1.29 is 19.1 Å². The topological polar surface area (TPSA) is 64.6 Å². The van der Waals surface area contributed by atoms with E-state index in [0.29, 0.717) is 30.1 Å². The lowest BCUT2D eigenvalue weighted by molar-refractivity contribution is -0.118. The highest BCUT2D eigenvalue weighted by molar-refractivity contribution is 6.12. The molecule has 0 spiro atoms. The Morgan fingerprint density at radius 3 is 2.49 bits per heavy atom. The predicted molar refractivity (Wildman–Crippen MR) is 154 cm³/mol. The molecule has 1 aliphatic heterocycles. The van der Waals surface area contributed by atoms with E-state index in [0.717, 1.165) is 45.2 Å². The van der Waals surface area contributed by atoms with Crippen molar-refractivity contribution in [2.75, 3.05) is 11.9 Å². The predicted octanol–water partition coefficient (Wildman–Crippen LogP) is 7.77. The standard InChI is InChI=1S/C34H31NO4/c1-4-38-29-18-23(15-17-28(29)39-33(37)22-11-6-5-7-12-22)32-31-25(19-34(2,3)20-27(31)36)30-24-13-9-8-10-21(24)14-16-26(30)35-32/h5-18,32,35H,4,19-20H2,1-3H3/t32-/m1/s1. The van der Waals surface area contributed by atoms with Crippen molar-refractivity contribution >= 4 is 33.8 Å².